The number of nitrogens with zero attached hydrogens (tertiary/aromatic N) is 1. The maximum absolute atomic E-state index is 12.8. The van der Waals surface area contributed by atoms with Crippen LogP contribution in [0.2, 0.25) is 0 Å². The van der Waals surface area contributed by atoms with Crippen molar-refractivity contribution >= 4 is 5.91 Å². The number of likely N-dealkylation sites (tertiary alicyclic amines) is 1. The number of carbonyl (C=O) groups excluding carboxylic acids is 1. The SMILES string of the molecule is CCCC1CCCN1C(=O)c1ccc(F)cc1. The summed E-state index contributed by atoms with van der Waals surface area (Å²) in [6.07, 6.45) is 4.34. The highest BCUT2D eigenvalue weighted by atomic mass is 19.1. The third-order valence-electron chi connectivity index (χ3n) is 3.35. The molecular weight excluding hydrogens is 217 g/mol. The summed E-state index contributed by atoms with van der Waals surface area (Å²) in [5.74, 6) is -0.256. The summed E-state index contributed by atoms with van der Waals surface area (Å²) in [5.41, 5.74) is 0.592. The van der Waals surface area contributed by atoms with Crippen LogP contribution in [0.3, 0.4) is 0 Å². The molecular formula is C14H18FNO. The van der Waals surface area contributed by atoms with E-state index in [2.05, 4.69) is 6.92 Å². The summed E-state index contributed by atoms with van der Waals surface area (Å²) in [6, 6.07) is 6.20. The molecule has 92 valence electrons. The van der Waals surface area contributed by atoms with Crippen molar-refractivity contribution in [3.63, 3.8) is 0 Å². The molecule has 0 spiro atoms. The Bertz CT molecular complexity index is 388. The second-order valence-electron chi connectivity index (χ2n) is 4.59. The number of hydrogen-bond acceptors (Lipinski definition) is 1. The van der Waals surface area contributed by atoms with Gasteiger partial charge in [-0.25, -0.2) is 4.39 Å². The molecule has 2 nitrogen and oxygen atoms in total. The van der Waals surface area contributed by atoms with E-state index in [-0.39, 0.29) is 11.7 Å². The van der Waals surface area contributed by atoms with Crippen molar-refractivity contribution in [2.75, 3.05) is 6.54 Å². The van der Waals surface area contributed by atoms with Crippen LogP contribution in [0.25, 0.3) is 0 Å². The standard InChI is InChI=1S/C14H18FNO/c1-2-4-13-5-3-10-16(13)14(17)11-6-8-12(15)9-7-11/h6-9,13H,2-5,10H2,1H3. The van der Waals surface area contributed by atoms with Gasteiger partial charge in [0.05, 0.1) is 0 Å². The number of halogens is 1. The van der Waals surface area contributed by atoms with Crippen LogP contribution >= 0.6 is 0 Å². The molecule has 17 heavy (non-hydrogen) atoms. The zero-order valence-electron chi connectivity index (χ0n) is 10.2. The Morgan fingerprint density at radius 2 is 2.12 bits per heavy atom. The van der Waals surface area contributed by atoms with Gasteiger partial charge in [0.15, 0.2) is 0 Å². The molecule has 0 aromatic heterocycles. The van der Waals surface area contributed by atoms with Gasteiger partial charge >= 0.3 is 0 Å². The molecule has 1 unspecified atom stereocenters. The van der Waals surface area contributed by atoms with E-state index in [1.165, 1.54) is 12.1 Å². The van der Waals surface area contributed by atoms with Crippen molar-refractivity contribution in [3.05, 3.63) is 35.6 Å². The summed E-state index contributed by atoms with van der Waals surface area (Å²) < 4.78 is 12.8. The van der Waals surface area contributed by atoms with Crippen LogP contribution < -0.4 is 0 Å². The van der Waals surface area contributed by atoms with E-state index in [0.717, 1.165) is 32.2 Å². The highest BCUT2D eigenvalue weighted by Gasteiger charge is 2.28. The van der Waals surface area contributed by atoms with Gasteiger partial charge in [0.25, 0.3) is 5.91 Å². The number of benzene rings is 1. The van der Waals surface area contributed by atoms with Gasteiger partial charge in [0.2, 0.25) is 0 Å². The predicted molar refractivity (Wildman–Crippen MR) is 65.4 cm³/mol. The van der Waals surface area contributed by atoms with Gasteiger partial charge in [-0.3, -0.25) is 4.79 Å². The molecule has 2 rings (SSSR count). The molecule has 0 aliphatic carbocycles. The molecule has 0 saturated carbocycles. The Morgan fingerprint density at radius 1 is 1.41 bits per heavy atom. The fourth-order valence-corrected chi connectivity index (χ4v) is 2.49. The molecule has 1 aliphatic rings. The Labute approximate surface area is 101 Å². The van der Waals surface area contributed by atoms with Gasteiger partial charge in [0, 0.05) is 18.2 Å². The summed E-state index contributed by atoms with van der Waals surface area (Å²) in [7, 11) is 0. The van der Waals surface area contributed by atoms with Gasteiger partial charge < -0.3 is 4.90 Å². The molecule has 1 atom stereocenters. The highest BCUT2D eigenvalue weighted by molar-refractivity contribution is 5.94. The second-order valence-corrected chi connectivity index (χ2v) is 4.59. The van der Waals surface area contributed by atoms with E-state index in [9.17, 15) is 9.18 Å². The molecule has 1 saturated heterocycles. The maximum atomic E-state index is 12.8. The Kier molecular flexibility index (Phi) is 3.77. The third kappa shape index (κ3) is 2.65. The Morgan fingerprint density at radius 3 is 2.76 bits per heavy atom. The van der Waals surface area contributed by atoms with Gasteiger partial charge in [-0.05, 0) is 43.5 Å². The van der Waals surface area contributed by atoms with Crippen molar-refractivity contribution < 1.29 is 9.18 Å². The van der Waals surface area contributed by atoms with Crippen molar-refractivity contribution in [2.24, 2.45) is 0 Å². The van der Waals surface area contributed by atoms with Crippen molar-refractivity contribution in [3.8, 4) is 0 Å². The fourth-order valence-electron chi connectivity index (χ4n) is 2.49. The van der Waals surface area contributed by atoms with Crippen LogP contribution in [0.1, 0.15) is 43.0 Å². The minimum atomic E-state index is -0.298. The van der Waals surface area contributed by atoms with E-state index < -0.39 is 0 Å². The number of amides is 1. The van der Waals surface area contributed by atoms with Gasteiger partial charge in [0.1, 0.15) is 5.82 Å². The summed E-state index contributed by atoms with van der Waals surface area (Å²) >= 11 is 0. The van der Waals surface area contributed by atoms with Crippen LogP contribution in [-0.4, -0.2) is 23.4 Å². The number of hydrogen-bond donors (Lipinski definition) is 0. The van der Waals surface area contributed by atoms with Crippen LogP contribution in [0.15, 0.2) is 24.3 Å². The van der Waals surface area contributed by atoms with Crippen LogP contribution in [-0.2, 0) is 0 Å². The average molecular weight is 235 g/mol. The fraction of sp³-hybridized carbons (Fsp3) is 0.500. The van der Waals surface area contributed by atoms with Gasteiger partial charge in [-0.1, -0.05) is 13.3 Å². The molecule has 1 aromatic carbocycles. The van der Waals surface area contributed by atoms with Gasteiger partial charge in [-0.2, -0.15) is 0 Å². The topological polar surface area (TPSA) is 20.3 Å². The Hall–Kier alpha value is -1.38. The summed E-state index contributed by atoms with van der Waals surface area (Å²) in [4.78, 5) is 14.2. The first-order valence-electron chi connectivity index (χ1n) is 6.29. The van der Waals surface area contributed by atoms with Crippen molar-refractivity contribution in [2.45, 2.75) is 38.6 Å². The minimum absolute atomic E-state index is 0.0425. The lowest BCUT2D eigenvalue weighted by Crippen LogP contribution is -2.35. The largest absolute Gasteiger partial charge is 0.336 e. The zero-order chi connectivity index (χ0) is 12.3. The molecule has 0 radical (unpaired) electrons. The van der Waals surface area contributed by atoms with E-state index in [1.807, 2.05) is 4.90 Å². The molecule has 0 N–H and O–H groups in total. The summed E-state index contributed by atoms with van der Waals surface area (Å²) in [6.45, 7) is 2.97. The molecule has 1 fully saturated rings. The monoisotopic (exact) mass is 235 g/mol. The second kappa shape index (κ2) is 5.30. The smallest absolute Gasteiger partial charge is 0.254 e. The van der Waals surface area contributed by atoms with Crippen LogP contribution in [0.4, 0.5) is 4.39 Å². The average Bonchev–Trinajstić information content (AvgIpc) is 2.78. The zero-order valence-corrected chi connectivity index (χ0v) is 10.2. The predicted octanol–water partition coefficient (Wildman–Crippen LogP) is 3.23. The van der Waals surface area contributed by atoms with E-state index in [1.54, 1.807) is 12.1 Å². The first-order valence-corrected chi connectivity index (χ1v) is 6.29. The molecule has 1 heterocycles. The van der Waals surface area contributed by atoms with E-state index in [4.69, 9.17) is 0 Å². The lowest BCUT2D eigenvalue weighted by molar-refractivity contribution is 0.0730. The van der Waals surface area contributed by atoms with Crippen molar-refractivity contribution in [1.82, 2.24) is 4.90 Å². The molecule has 1 amide bonds. The molecule has 0 bridgehead atoms. The summed E-state index contributed by atoms with van der Waals surface area (Å²) in [5, 5.41) is 0. The van der Waals surface area contributed by atoms with Crippen LogP contribution in [0.5, 0.6) is 0 Å². The third-order valence-corrected chi connectivity index (χ3v) is 3.35. The molecule has 1 aromatic rings. The first kappa shape index (κ1) is 12.1. The lowest BCUT2D eigenvalue weighted by Gasteiger charge is -2.24. The minimum Gasteiger partial charge on any atom is -0.336 e. The highest BCUT2D eigenvalue weighted by Crippen LogP contribution is 2.23. The maximum Gasteiger partial charge on any atom is 0.254 e. The van der Waals surface area contributed by atoms with Crippen LogP contribution in [0, 0.1) is 5.82 Å². The van der Waals surface area contributed by atoms with Gasteiger partial charge in [-0.15, -0.1) is 0 Å². The Balaban J connectivity index is 2.11. The van der Waals surface area contributed by atoms with E-state index >= 15 is 0 Å². The first-order chi connectivity index (χ1) is 8.22. The molecule has 3 heteroatoms. The number of rotatable bonds is 3. The van der Waals surface area contributed by atoms with Crippen molar-refractivity contribution in [1.29, 1.82) is 0 Å². The van der Waals surface area contributed by atoms with E-state index in [0.29, 0.717) is 11.6 Å². The number of carbonyl (C=O) groups is 1. The quantitative estimate of drug-likeness (QED) is 0.787. The molecule has 1 aliphatic heterocycles. The lowest BCUT2D eigenvalue weighted by atomic mass is 10.1. The normalized spacial score (nSPS) is 19.6.